The molecule has 0 bridgehead atoms. The molecule has 6 nitrogen and oxygen atoms in total. The minimum atomic E-state index is -0.584. The molecule has 2 aromatic carbocycles. The van der Waals surface area contributed by atoms with Crippen molar-refractivity contribution in [2.75, 3.05) is 5.32 Å². The smallest absolute Gasteiger partial charge is 0.363 e. The van der Waals surface area contributed by atoms with Gasteiger partial charge in [-0.05, 0) is 36.4 Å². The zero-order chi connectivity index (χ0) is 17.1. The largest absolute Gasteiger partial charge is 0.507 e. The molecular weight excluding hydrogens is 308 g/mol. The van der Waals surface area contributed by atoms with E-state index in [9.17, 15) is 14.7 Å². The number of cyclic esters (lactones) is 1. The van der Waals surface area contributed by atoms with Gasteiger partial charge in [0.25, 0.3) is 0 Å². The van der Waals surface area contributed by atoms with Gasteiger partial charge in [0.05, 0.1) is 0 Å². The second-order valence-corrected chi connectivity index (χ2v) is 5.15. The Labute approximate surface area is 138 Å². The molecule has 0 spiro atoms. The van der Waals surface area contributed by atoms with Crippen molar-refractivity contribution in [2.45, 2.75) is 6.92 Å². The lowest BCUT2D eigenvalue weighted by molar-refractivity contribution is -0.129. The van der Waals surface area contributed by atoms with Crippen LogP contribution in [0.1, 0.15) is 18.1 Å². The van der Waals surface area contributed by atoms with Crippen molar-refractivity contribution in [1.82, 2.24) is 0 Å². The van der Waals surface area contributed by atoms with E-state index in [4.69, 9.17) is 4.74 Å². The van der Waals surface area contributed by atoms with E-state index in [0.29, 0.717) is 16.8 Å². The Balaban J connectivity index is 1.86. The molecule has 6 heteroatoms. The number of aliphatic imine (C=N–C) groups is 1. The third-order valence-electron chi connectivity index (χ3n) is 3.30. The Kier molecular flexibility index (Phi) is 4.11. The number of nitrogens with one attached hydrogen (secondary N) is 1. The number of phenols is 1. The summed E-state index contributed by atoms with van der Waals surface area (Å²) in [5.41, 5.74) is 1.84. The minimum absolute atomic E-state index is 0.0566. The van der Waals surface area contributed by atoms with Crippen LogP contribution < -0.4 is 5.32 Å². The third-order valence-corrected chi connectivity index (χ3v) is 3.30. The Morgan fingerprint density at radius 3 is 2.54 bits per heavy atom. The second kappa shape index (κ2) is 6.37. The van der Waals surface area contributed by atoms with Gasteiger partial charge >= 0.3 is 5.97 Å². The lowest BCUT2D eigenvalue weighted by atomic mass is 10.1. The van der Waals surface area contributed by atoms with Crippen molar-refractivity contribution < 1.29 is 19.4 Å². The molecule has 0 atom stereocenters. The number of carbonyl (C=O) groups excluding carboxylic acids is 2. The number of carbonyl (C=O) groups is 2. The highest BCUT2D eigenvalue weighted by atomic mass is 16.6. The lowest BCUT2D eigenvalue weighted by Crippen LogP contribution is -2.07. The molecule has 0 fully saturated rings. The number of hydrogen-bond acceptors (Lipinski definition) is 5. The molecule has 2 N–H and O–H groups in total. The predicted molar refractivity (Wildman–Crippen MR) is 89.5 cm³/mol. The van der Waals surface area contributed by atoms with Gasteiger partial charge < -0.3 is 15.2 Å². The quantitative estimate of drug-likeness (QED) is 0.672. The first kappa shape index (κ1) is 15.5. The van der Waals surface area contributed by atoms with Crippen LogP contribution in [0.4, 0.5) is 5.69 Å². The molecule has 3 rings (SSSR count). The summed E-state index contributed by atoms with van der Waals surface area (Å²) in [6, 6.07) is 13.4. The highest BCUT2D eigenvalue weighted by molar-refractivity contribution is 6.13. The van der Waals surface area contributed by atoms with Crippen molar-refractivity contribution >= 4 is 29.5 Å². The zero-order valence-electron chi connectivity index (χ0n) is 12.8. The van der Waals surface area contributed by atoms with Crippen LogP contribution in [0.3, 0.4) is 0 Å². The molecule has 1 aliphatic rings. The molecule has 0 saturated heterocycles. The summed E-state index contributed by atoms with van der Waals surface area (Å²) in [6.07, 6.45) is 1.47. The van der Waals surface area contributed by atoms with Gasteiger partial charge in [0.15, 0.2) is 5.70 Å². The topological polar surface area (TPSA) is 88.0 Å². The number of hydrogen-bond donors (Lipinski definition) is 2. The van der Waals surface area contributed by atoms with Gasteiger partial charge in [-0.25, -0.2) is 9.79 Å². The lowest BCUT2D eigenvalue weighted by Gasteiger charge is -2.03. The Hall–Kier alpha value is -3.41. The first-order chi connectivity index (χ1) is 11.5. The van der Waals surface area contributed by atoms with E-state index < -0.39 is 5.97 Å². The molecule has 0 unspecified atom stereocenters. The second-order valence-electron chi connectivity index (χ2n) is 5.15. The highest BCUT2D eigenvalue weighted by Crippen LogP contribution is 2.24. The number of aromatic hydroxyl groups is 1. The maximum Gasteiger partial charge on any atom is 0.363 e. The Morgan fingerprint density at radius 1 is 1.17 bits per heavy atom. The standard InChI is InChI=1S/C18H14N2O4/c1-11(21)19-14-8-6-12(7-9-14)17-20-15(18(23)24-17)10-13-4-2-3-5-16(13)22/h2-10,22H,1H3,(H,19,21). The number of phenolic OH excluding ortho intramolecular Hbond substituents is 1. The van der Waals surface area contributed by atoms with E-state index in [-0.39, 0.29) is 23.3 Å². The van der Waals surface area contributed by atoms with Gasteiger partial charge in [-0.15, -0.1) is 0 Å². The fraction of sp³-hybridized carbons (Fsp3) is 0.0556. The fourth-order valence-electron chi connectivity index (χ4n) is 2.19. The van der Waals surface area contributed by atoms with Crippen LogP contribution in [-0.4, -0.2) is 22.9 Å². The van der Waals surface area contributed by atoms with Crippen LogP contribution in [-0.2, 0) is 14.3 Å². The first-order valence-electron chi connectivity index (χ1n) is 7.21. The average Bonchev–Trinajstić information content (AvgIpc) is 2.91. The molecule has 0 aromatic heterocycles. The minimum Gasteiger partial charge on any atom is -0.507 e. The molecular formula is C18H14N2O4. The SMILES string of the molecule is CC(=O)Nc1ccc(C2=NC(=Cc3ccccc3O)C(=O)O2)cc1. The number of ether oxygens (including phenoxy) is 1. The zero-order valence-corrected chi connectivity index (χ0v) is 12.8. The van der Waals surface area contributed by atoms with Crippen LogP contribution >= 0.6 is 0 Å². The van der Waals surface area contributed by atoms with Crippen molar-refractivity contribution in [3.8, 4) is 5.75 Å². The van der Waals surface area contributed by atoms with E-state index in [1.54, 1.807) is 42.5 Å². The molecule has 1 heterocycles. The van der Waals surface area contributed by atoms with Gasteiger partial charge in [-0.1, -0.05) is 18.2 Å². The molecule has 1 amide bonds. The van der Waals surface area contributed by atoms with E-state index in [2.05, 4.69) is 10.3 Å². The maximum atomic E-state index is 11.9. The number of rotatable bonds is 3. The molecule has 0 aliphatic carbocycles. The van der Waals surface area contributed by atoms with Gasteiger partial charge in [0.1, 0.15) is 5.75 Å². The number of para-hydroxylation sites is 1. The maximum absolute atomic E-state index is 11.9. The number of amides is 1. The third kappa shape index (κ3) is 3.33. The van der Waals surface area contributed by atoms with Crippen LogP contribution in [0, 0.1) is 0 Å². The average molecular weight is 322 g/mol. The Morgan fingerprint density at radius 2 is 1.88 bits per heavy atom. The van der Waals surface area contributed by atoms with E-state index in [0.717, 1.165) is 0 Å². The van der Waals surface area contributed by atoms with Crippen LogP contribution in [0.25, 0.3) is 6.08 Å². The summed E-state index contributed by atoms with van der Waals surface area (Å²) in [5.74, 6) is -0.517. The molecule has 120 valence electrons. The molecule has 1 aliphatic heterocycles. The van der Waals surface area contributed by atoms with Gasteiger partial charge in [-0.2, -0.15) is 0 Å². The number of esters is 1. The highest BCUT2D eigenvalue weighted by Gasteiger charge is 2.24. The van der Waals surface area contributed by atoms with Gasteiger partial charge in [0.2, 0.25) is 11.8 Å². The van der Waals surface area contributed by atoms with Crippen molar-refractivity contribution in [3.63, 3.8) is 0 Å². The summed E-state index contributed by atoms with van der Waals surface area (Å²) in [6.45, 7) is 1.42. The predicted octanol–water partition coefficient (Wildman–Crippen LogP) is 2.70. The summed E-state index contributed by atoms with van der Waals surface area (Å²) < 4.78 is 5.17. The van der Waals surface area contributed by atoms with Gasteiger partial charge in [-0.3, -0.25) is 4.79 Å². The summed E-state index contributed by atoms with van der Waals surface area (Å²) >= 11 is 0. The van der Waals surface area contributed by atoms with Crippen molar-refractivity contribution in [3.05, 3.63) is 65.4 Å². The van der Waals surface area contributed by atoms with E-state index in [1.165, 1.54) is 19.1 Å². The van der Waals surface area contributed by atoms with E-state index in [1.807, 2.05) is 0 Å². The van der Waals surface area contributed by atoms with Crippen LogP contribution in [0.2, 0.25) is 0 Å². The normalized spacial score (nSPS) is 15.1. The first-order valence-corrected chi connectivity index (χ1v) is 7.21. The fourth-order valence-corrected chi connectivity index (χ4v) is 2.19. The van der Waals surface area contributed by atoms with Crippen LogP contribution in [0.15, 0.2) is 59.2 Å². The molecule has 0 saturated carbocycles. The van der Waals surface area contributed by atoms with Crippen LogP contribution in [0.5, 0.6) is 5.75 Å². The van der Waals surface area contributed by atoms with E-state index >= 15 is 0 Å². The Bertz CT molecular complexity index is 867. The monoisotopic (exact) mass is 322 g/mol. The molecule has 0 radical (unpaired) electrons. The molecule has 2 aromatic rings. The summed E-state index contributed by atoms with van der Waals surface area (Å²) in [7, 11) is 0. The number of anilines is 1. The number of benzene rings is 2. The van der Waals surface area contributed by atoms with Gasteiger partial charge in [0, 0.05) is 23.7 Å². The summed E-state index contributed by atoms with van der Waals surface area (Å²) in [4.78, 5) is 27.1. The summed E-state index contributed by atoms with van der Waals surface area (Å²) in [5, 5.41) is 12.4. The molecule has 24 heavy (non-hydrogen) atoms. The van der Waals surface area contributed by atoms with Crippen molar-refractivity contribution in [1.29, 1.82) is 0 Å². The van der Waals surface area contributed by atoms with Crippen molar-refractivity contribution in [2.24, 2.45) is 4.99 Å². The number of nitrogens with zero attached hydrogens (tertiary/aromatic N) is 1.